The predicted molar refractivity (Wildman–Crippen MR) is 231 cm³/mol. The van der Waals surface area contributed by atoms with Gasteiger partial charge in [0.25, 0.3) is 0 Å². The second kappa shape index (κ2) is 43.9. The Hall–Kier alpha value is -2.31. The molecule has 10 heteroatoms. The van der Waals surface area contributed by atoms with Crippen LogP contribution in [-0.4, -0.2) is 59.1 Å². The lowest BCUT2D eigenvalue weighted by molar-refractivity contribution is -0.154. The first-order valence-electron chi connectivity index (χ1n) is 14.6. The molecule has 0 heterocycles. The van der Waals surface area contributed by atoms with Gasteiger partial charge in [0.15, 0.2) is 0 Å². The molecule has 1 fully saturated rings. The molecule has 2 rings (SSSR count). The fraction of sp³-hybridized carbons (Fsp3) is 0.732. The highest BCUT2D eigenvalue weighted by Gasteiger charge is 2.44. The first-order valence-corrected chi connectivity index (χ1v) is 16.5. The largest absolute Gasteiger partial charge is 1.00 e. The number of esters is 1. The number of carbonyl (C=O) groups is 4. The van der Waals surface area contributed by atoms with Crippen LogP contribution in [0.15, 0.2) is 24.3 Å². The van der Waals surface area contributed by atoms with Crippen molar-refractivity contribution in [2.75, 3.05) is 30.4 Å². The number of aliphatic carboxylic acids is 1. The Labute approximate surface area is 328 Å². The Balaban J connectivity index is -0.0000000391. The Morgan fingerprint density at radius 2 is 1.24 bits per heavy atom. The number of amides is 1. The molecule has 0 bridgehead atoms. The summed E-state index contributed by atoms with van der Waals surface area (Å²) in [6.07, 6.45) is 8.21. The minimum absolute atomic E-state index is 0. The summed E-state index contributed by atoms with van der Waals surface area (Å²) in [7, 11) is 0.446. The SMILES string of the molecule is C.C.C.C.C.C.C.C.C.CC1(C(=O)O)CC1.CCC(C)C(=O)Nc1ccc(C(=O)O)cc1.CCP(CC)CC.[CH2+]CCOC(=O)C(C)(C)CC.[Cl-]. The van der Waals surface area contributed by atoms with E-state index in [0.717, 1.165) is 25.7 Å². The van der Waals surface area contributed by atoms with Gasteiger partial charge in [-0.2, -0.15) is 0 Å². The van der Waals surface area contributed by atoms with Gasteiger partial charge in [0.1, 0.15) is 13.0 Å². The lowest BCUT2D eigenvalue weighted by atomic mass is 9.91. The van der Waals surface area contributed by atoms with Crippen LogP contribution in [0.5, 0.6) is 0 Å². The van der Waals surface area contributed by atoms with Crippen molar-refractivity contribution in [2.24, 2.45) is 16.7 Å². The van der Waals surface area contributed by atoms with E-state index in [4.69, 9.17) is 14.9 Å². The number of carboxylic acid groups (broad SMARTS) is 2. The molecule has 1 unspecified atom stereocenters. The van der Waals surface area contributed by atoms with E-state index < -0.39 is 11.9 Å². The highest BCUT2D eigenvalue weighted by molar-refractivity contribution is 7.57. The molecule has 1 aromatic rings. The third kappa shape index (κ3) is 37.3. The van der Waals surface area contributed by atoms with E-state index in [-0.39, 0.29) is 113 Å². The second-order valence-corrected chi connectivity index (χ2v) is 14.1. The lowest BCUT2D eigenvalue weighted by Crippen LogP contribution is -3.00. The maximum absolute atomic E-state index is 11.5. The average molecular weight is 777 g/mol. The molecule has 1 atom stereocenters. The molecule has 51 heavy (non-hydrogen) atoms. The van der Waals surface area contributed by atoms with Crippen LogP contribution >= 0.6 is 7.92 Å². The molecule has 0 radical (unpaired) electrons. The zero-order valence-corrected chi connectivity index (χ0v) is 28.9. The molecule has 0 aromatic heterocycles. The number of ether oxygens (including phenoxy) is 1. The maximum Gasteiger partial charge on any atom is 0.335 e. The molecule has 1 aliphatic rings. The second-order valence-electron chi connectivity index (χ2n) is 10.9. The fourth-order valence-corrected chi connectivity index (χ4v) is 4.07. The summed E-state index contributed by atoms with van der Waals surface area (Å²) < 4.78 is 4.95. The molecule has 0 aliphatic heterocycles. The Bertz CT molecular complexity index is 912. The van der Waals surface area contributed by atoms with Crippen LogP contribution in [0.2, 0.25) is 0 Å². The molecule has 0 saturated heterocycles. The molecule has 1 aliphatic carbocycles. The van der Waals surface area contributed by atoms with Crippen LogP contribution in [0.25, 0.3) is 0 Å². The van der Waals surface area contributed by atoms with Gasteiger partial charge >= 0.3 is 17.9 Å². The van der Waals surface area contributed by atoms with Gasteiger partial charge in [0.05, 0.1) is 23.3 Å². The van der Waals surface area contributed by atoms with Crippen molar-refractivity contribution < 1.29 is 46.5 Å². The van der Waals surface area contributed by atoms with Gasteiger partial charge in [0.2, 0.25) is 5.91 Å². The number of carbonyl (C=O) groups excluding carboxylic acids is 2. The quantitative estimate of drug-likeness (QED) is 0.109. The Morgan fingerprint density at radius 3 is 1.45 bits per heavy atom. The third-order valence-electron chi connectivity index (χ3n) is 7.13. The number of hydrogen-bond acceptors (Lipinski definition) is 5. The maximum atomic E-state index is 11.5. The molecular formula is C41H91ClNO7P. The third-order valence-corrected chi connectivity index (χ3v) is 9.81. The predicted octanol–water partition coefficient (Wildman–Crippen LogP) is 10.7. The van der Waals surface area contributed by atoms with E-state index in [1.165, 1.54) is 30.6 Å². The fourth-order valence-electron chi connectivity index (χ4n) is 2.72. The summed E-state index contributed by atoms with van der Waals surface area (Å²) in [5.41, 5.74) is 0.159. The van der Waals surface area contributed by atoms with Crippen molar-refractivity contribution in [2.45, 2.75) is 161 Å². The van der Waals surface area contributed by atoms with Crippen molar-refractivity contribution in [3.63, 3.8) is 0 Å². The van der Waals surface area contributed by atoms with E-state index in [1.54, 1.807) is 19.1 Å². The van der Waals surface area contributed by atoms with Gasteiger partial charge in [-0.15, -0.1) is 7.92 Å². The summed E-state index contributed by atoms with van der Waals surface area (Å²) >= 11 is 0. The van der Waals surface area contributed by atoms with Crippen molar-refractivity contribution in [3.8, 4) is 0 Å². The Morgan fingerprint density at radius 1 is 0.843 bits per heavy atom. The number of nitrogens with one attached hydrogen (secondary N) is 1. The summed E-state index contributed by atoms with van der Waals surface area (Å²) in [5, 5.41) is 19.7. The van der Waals surface area contributed by atoms with Crippen molar-refractivity contribution in [3.05, 3.63) is 36.8 Å². The summed E-state index contributed by atoms with van der Waals surface area (Å²) in [4.78, 5) is 43.4. The van der Waals surface area contributed by atoms with E-state index >= 15 is 0 Å². The van der Waals surface area contributed by atoms with E-state index in [1.807, 2.05) is 34.6 Å². The topological polar surface area (TPSA) is 130 Å². The van der Waals surface area contributed by atoms with Crippen LogP contribution in [0.1, 0.15) is 172 Å². The number of carboxylic acids is 2. The van der Waals surface area contributed by atoms with Crippen molar-refractivity contribution in [1.82, 2.24) is 0 Å². The molecule has 3 N–H and O–H groups in total. The first kappa shape index (κ1) is 82.3. The molecular weight excluding hydrogens is 685 g/mol. The summed E-state index contributed by atoms with van der Waals surface area (Å²) in [6, 6.07) is 6.11. The van der Waals surface area contributed by atoms with Crippen LogP contribution < -0.4 is 17.7 Å². The van der Waals surface area contributed by atoms with Gasteiger partial charge in [0, 0.05) is 11.6 Å². The molecule has 1 amide bonds. The Kier molecular flexibility index (Phi) is 70.7. The monoisotopic (exact) mass is 776 g/mol. The van der Waals surface area contributed by atoms with Gasteiger partial charge in [-0.3, -0.25) is 14.4 Å². The lowest BCUT2D eigenvalue weighted by Gasteiger charge is -2.19. The number of anilines is 1. The highest BCUT2D eigenvalue weighted by Crippen LogP contribution is 2.44. The number of halogens is 1. The number of benzene rings is 1. The average Bonchev–Trinajstić information content (AvgIpc) is 3.72. The number of rotatable bonds is 12. The molecule has 1 saturated carbocycles. The van der Waals surface area contributed by atoms with Crippen molar-refractivity contribution >= 4 is 37.4 Å². The van der Waals surface area contributed by atoms with E-state index in [2.05, 4.69) is 33.0 Å². The van der Waals surface area contributed by atoms with Gasteiger partial charge in [-0.1, -0.05) is 108 Å². The standard InChI is InChI=1S/C12H15NO3.C9H17O2.C6H15P.C5H8O2.9CH4.ClH/c1-3-8(2)11(14)13-10-6-4-9(5-7-10)12(15)16;1-5-7-11-8(10)9(3,4)6-2;1-4-7(5-2)6-3;1-5(2-3-5)4(6)7;;;;;;;;;;/h4-8H,3H2,1-2H3,(H,13,14)(H,15,16);1,5-7H2,2-4H3;4-6H2,1-3H3;2-3H2,1H3,(H,6,7);9*1H4;1H/q;+1;;;;;;;;;;;;/p-1. The van der Waals surface area contributed by atoms with Crippen molar-refractivity contribution in [1.29, 1.82) is 0 Å². The van der Waals surface area contributed by atoms with E-state index in [9.17, 15) is 19.2 Å². The van der Waals surface area contributed by atoms with Gasteiger partial charge in [-0.25, -0.2) is 4.79 Å². The summed E-state index contributed by atoms with van der Waals surface area (Å²) in [6.45, 7) is 22.2. The van der Waals surface area contributed by atoms with Crippen LogP contribution in [0, 0.1) is 23.7 Å². The first-order chi connectivity index (χ1) is 19.1. The molecule has 8 nitrogen and oxygen atoms in total. The smallest absolute Gasteiger partial charge is 0.335 e. The van der Waals surface area contributed by atoms with Crippen LogP contribution in [0.3, 0.4) is 0 Å². The molecule has 1 aromatic carbocycles. The molecule has 314 valence electrons. The van der Waals surface area contributed by atoms with E-state index in [0.29, 0.717) is 26.6 Å². The van der Waals surface area contributed by atoms with Crippen LogP contribution in [-0.2, 0) is 19.1 Å². The number of hydrogen-bond donors (Lipinski definition) is 3. The normalized spacial score (nSPS) is 10.9. The van der Waals surface area contributed by atoms with Crippen LogP contribution in [0.4, 0.5) is 5.69 Å². The highest BCUT2D eigenvalue weighted by atomic mass is 35.5. The van der Waals surface area contributed by atoms with Gasteiger partial charge < -0.3 is 32.7 Å². The minimum atomic E-state index is -0.972. The zero-order chi connectivity index (χ0) is 32.2. The molecule has 0 spiro atoms. The summed E-state index contributed by atoms with van der Waals surface area (Å²) in [5.74, 6) is -1.83. The zero-order valence-electron chi connectivity index (χ0n) is 27.2. The van der Waals surface area contributed by atoms with Gasteiger partial charge in [-0.05, 0) is 89.2 Å². The number of aromatic carboxylic acids is 1. The minimum Gasteiger partial charge on any atom is -1.00 e.